The van der Waals surface area contributed by atoms with Crippen molar-refractivity contribution in [2.45, 2.75) is 45.2 Å². The number of aryl methyl sites for hydroxylation is 2. The Morgan fingerprint density at radius 1 is 0.946 bits per heavy atom. The fourth-order valence-electron chi connectivity index (χ4n) is 3.85. The zero-order valence-electron chi connectivity index (χ0n) is 21.4. The summed E-state index contributed by atoms with van der Waals surface area (Å²) in [7, 11) is -4.08. The number of anilines is 1. The molecule has 0 unspecified atom stereocenters. The lowest BCUT2D eigenvalue weighted by Crippen LogP contribution is -2.51. The van der Waals surface area contributed by atoms with Gasteiger partial charge < -0.3 is 10.2 Å². The van der Waals surface area contributed by atoms with Crippen molar-refractivity contribution in [1.29, 1.82) is 0 Å². The zero-order valence-corrected chi connectivity index (χ0v) is 23.8. The minimum Gasteiger partial charge on any atom is -0.355 e. The van der Waals surface area contributed by atoms with Crippen molar-refractivity contribution in [3.63, 3.8) is 0 Å². The number of carbonyl (C=O) groups excluding carboxylic acids is 2. The van der Waals surface area contributed by atoms with E-state index in [1.165, 1.54) is 17.0 Å². The van der Waals surface area contributed by atoms with E-state index in [1.807, 2.05) is 45.0 Å². The first kappa shape index (κ1) is 28.4. The van der Waals surface area contributed by atoms with Crippen LogP contribution in [0.4, 0.5) is 5.69 Å². The highest BCUT2D eigenvalue weighted by Gasteiger charge is 2.32. The zero-order chi connectivity index (χ0) is 27.2. The Kier molecular flexibility index (Phi) is 9.50. The van der Waals surface area contributed by atoms with Gasteiger partial charge in [-0.05, 0) is 75.2 Å². The number of nitrogens with one attached hydrogen (secondary N) is 1. The molecular formula is C28H32BrN3O4S. The van der Waals surface area contributed by atoms with Crippen molar-refractivity contribution in [3.05, 3.63) is 94.0 Å². The maximum absolute atomic E-state index is 13.8. The predicted molar refractivity (Wildman–Crippen MR) is 150 cm³/mol. The number of amides is 2. The van der Waals surface area contributed by atoms with Gasteiger partial charge in [0.15, 0.2) is 0 Å². The van der Waals surface area contributed by atoms with Crippen LogP contribution in [-0.4, -0.2) is 44.3 Å². The Morgan fingerprint density at radius 3 is 2.16 bits per heavy atom. The highest BCUT2D eigenvalue weighted by molar-refractivity contribution is 9.10. The molecule has 3 aromatic carbocycles. The molecule has 0 heterocycles. The van der Waals surface area contributed by atoms with Gasteiger partial charge in [-0.2, -0.15) is 0 Å². The number of hydrogen-bond donors (Lipinski definition) is 1. The number of rotatable bonds is 10. The minimum absolute atomic E-state index is 0.0797. The van der Waals surface area contributed by atoms with Crippen LogP contribution in [0.2, 0.25) is 0 Å². The summed E-state index contributed by atoms with van der Waals surface area (Å²) < 4.78 is 29.4. The van der Waals surface area contributed by atoms with Crippen LogP contribution in [0.3, 0.4) is 0 Å². The maximum Gasteiger partial charge on any atom is 0.264 e. The van der Waals surface area contributed by atoms with E-state index in [0.717, 1.165) is 25.5 Å². The summed E-state index contributed by atoms with van der Waals surface area (Å²) in [6.45, 7) is 7.39. The molecule has 37 heavy (non-hydrogen) atoms. The van der Waals surface area contributed by atoms with Gasteiger partial charge in [0.25, 0.3) is 10.0 Å². The van der Waals surface area contributed by atoms with Crippen LogP contribution in [0.5, 0.6) is 0 Å². The highest BCUT2D eigenvalue weighted by Crippen LogP contribution is 2.26. The molecule has 196 valence electrons. The van der Waals surface area contributed by atoms with Crippen molar-refractivity contribution in [3.8, 4) is 0 Å². The van der Waals surface area contributed by atoms with Crippen LogP contribution in [-0.2, 0) is 26.2 Å². The first-order valence-electron chi connectivity index (χ1n) is 12.0. The molecule has 0 aromatic heterocycles. The van der Waals surface area contributed by atoms with Gasteiger partial charge in [0.2, 0.25) is 11.8 Å². The summed E-state index contributed by atoms with van der Waals surface area (Å²) in [6.07, 6.45) is 0. The minimum atomic E-state index is -4.08. The molecule has 0 bridgehead atoms. The fraction of sp³-hybridized carbons (Fsp3) is 0.286. The van der Waals surface area contributed by atoms with Gasteiger partial charge in [0.1, 0.15) is 12.6 Å². The summed E-state index contributed by atoms with van der Waals surface area (Å²) in [5.41, 5.74) is 3.12. The van der Waals surface area contributed by atoms with Crippen molar-refractivity contribution in [1.82, 2.24) is 10.2 Å². The number of carbonyl (C=O) groups is 2. The van der Waals surface area contributed by atoms with Gasteiger partial charge in [-0.15, -0.1) is 0 Å². The second-order valence-electron chi connectivity index (χ2n) is 8.82. The number of hydrogen-bond acceptors (Lipinski definition) is 4. The molecule has 2 amide bonds. The maximum atomic E-state index is 13.8. The van der Waals surface area contributed by atoms with Crippen LogP contribution in [0.1, 0.15) is 30.5 Å². The summed E-state index contributed by atoms with van der Waals surface area (Å²) in [6, 6.07) is 20.0. The van der Waals surface area contributed by atoms with Gasteiger partial charge in [-0.1, -0.05) is 57.9 Å². The third kappa shape index (κ3) is 6.99. The summed E-state index contributed by atoms with van der Waals surface area (Å²) >= 11 is 3.38. The Bertz CT molecular complexity index is 1340. The Labute approximate surface area is 227 Å². The molecular weight excluding hydrogens is 554 g/mol. The van der Waals surface area contributed by atoms with Crippen LogP contribution in [0.25, 0.3) is 0 Å². The molecule has 0 saturated carbocycles. The number of nitrogens with zero attached hydrogens (tertiary/aromatic N) is 2. The lowest BCUT2D eigenvalue weighted by molar-refractivity contribution is -0.139. The van der Waals surface area contributed by atoms with Crippen LogP contribution >= 0.6 is 15.9 Å². The summed E-state index contributed by atoms with van der Waals surface area (Å²) in [4.78, 5) is 28.1. The van der Waals surface area contributed by atoms with Crippen molar-refractivity contribution >= 4 is 43.5 Å². The second-order valence-corrected chi connectivity index (χ2v) is 11.6. The highest BCUT2D eigenvalue weighted by atomic mass is 79.9. The Balaban J connectivity index is 2.03. The van der Waals surface area contributed by atoms with Crippen LogP contribution in [0.15, 0.2) is 82.2 Å². The number of sulfonamides is 1. The van der Waals surface area contributed by atoms with E-state index in [0.29, 0.717) is 12.2 Å². The molecule has 9 heteroatoms. The number of likely N-dealkylation sites (N-methyl/N-ethyl adjacent to an activating group) is 1. The van der Waals surface area contributed by atoms with Crippen molar-refractivity contribution in [2.24, 2.45) is 0 Å². The summed E-state index contributed by atoms with van der Waals surface area (Å²) in [5, 5.41) is 2.76. The molecule has 0 fully saturated rings. The first-order valence-corrected chi connectivity index (χ1v) is 14.2. The van der Waals surface area contributed by atoms with E-state index in [9.17, 15) is 18.0 Å². The average Bonchev–Trinajstić information content (AvgIpc) is 2.87. The molecule has 0 saturated heterocycles. The molecule has 0 aliphatic heterocycles. The third-order valence-corrected chi connectivity index (χ3v) is 8.44. The Hall–Kier alpha value is -3.17. The van der Waals surface area contributed by atoms with Gasteiger partial charge in [0.05, 0.1) is 10.6 Å². The monoisotopic (exact) mass is 585 g/mol. The SMILES string of the molecule is CCNC(=O)[C@@H](C)N(Cc1ccccc1C)C(=O)CN(c1ccc(Br)cc1)S(=O)(=O)c1ccc(C)cc1. The van der Waals surface area contributed by atoms with Crippen LogP contribution in [0, 0.1) is 13.8 Å². The number of benzene rings is 3. The molecule has 0 aliphatic carbocycles. The summed E-state index contributed by atoms with van der Waals surface area (Å²) in [5.74, 6) is -0.790. The molecule has 1 atom stereocenters. The molecule has 0 radical (unpaired) electrons. The van der Waals surface area contributed by atoms with Gasteiger partial charge in [-0.25, -0.2) is 8.42 Å². The van der Waals surface area contributed by atoms with Crippen molar-refractivity contribution < 1.29 is 18.0 Å². The smallest absolute Gasteiger partial charge is 0.264 e. The number of halogens is 1. The molecule has 0 aliphatic rings. The van der Waals surface area contributed by atoms with E-state index in [2.05, 4.69) is 21.2 Å². The molecule has 1 N–H and O–H groups in total. The predicted octanol–water partition coefficient (Wildman–Crippen LogP) is 4.81. The van der Waals surface area contributed by atoms with E-state index in [1.54, 1.807) is 43.3 Å². The lowest BCUT2D eigenvalue weighted by Gasteiger charge is -2.32. The quantitative estimate of drug-likeness (QED) is 0.370. The van der Waals surface area contributed by atoms with E-state index in [-0.39, 0.29) is 17.3 Å². The topological polar surface area (TPSA) is 86.8 Å². The molecule has 0 spiro atoms. The van der Waals surface area contributed by atoms with Crippen molar-refractivity contribution in [2.75, 3.05) is 17.4 Å². The molecule has 7 nitrogen and oxygen atoms in total. The van der Waals surface area contributed by atoms with E-state index < -0.39 is 28.5 Å². The van der Waals surface area contributed by atoms with E-state index in [4.69, 9.17) is 0 Å². The standard InChI is InChI=1S/C28H32BrN3O4S/c1-5-30-28(34)22(4)31(18-23-9-7-6-8-21(23)3)27(33)19-32(25-14-12-24(29)13-15-25)37(35,36)26-16-10-20(2)11-17-26/h6-17,22H,5,18-19H2,1-4H3,(H,30,34)/t22-/m1/s1. The molecule has 3 aromatic rings. The van der Waals surface area contributed by atoms with Crippen LogP contribution < -0.4 is 9.62 Å². The van der Waals surface area contributed by atoms with Gasteiger partial charge in [-0.3, -0.25) is 13.9 Å². The second kappa shape index (κ2) is 12.4. The fourth-order valence-corrected chi connectivity index (χ4v) is 5.53. The van der Waals surface area contributed by atoms with Gasteiger partial charge >= 0.3 is 0 Å². The lowest BCUT2D eigenvalue weighted by atomic mass is 10.1. The van der Waals surface area contributed by atoms with E-state index >= 15 is 0 Å². The van der Waals surface area contributed by atoms with Gasteiger partial charge in [0, 0.05) is 17.6 Å². The normalized spacial score (nSPS) is 12.0. The third-order valence-electron chi connectivity index (χ3n) is 6.12. The average molecular weight is 587 g/mol. The first-order chi connectivity index (χ1) is 17.5. The Morgan fingerprint density at radius 2 is 1.57 bits per heavy atom. The molecule has 3 rings (SSSR count). The largest absolute Gasteiger partial charge is 0.355 e.